The average molecular weight is 338 g/mol. The fraction of sp³-hybridized carbons (Fsp3) is 0.250. The highest BCUT2D eigenvalue weighted by atomic mass is 32.2. The first-order valence-electron chi connectivity index (χ1n) is 7.79. The summed E-state index contributed by atoms with van der Waals surface area (Å²) < 4.78 is 1.16. The lowest BCUT2D eigenvalue weighted by Gasteiger charge is -2.19. The van der Waals surface area contributed by atoms with Crippen LogP contribution in [-0.2, 0) is 11.8 Å². The monoisotopic (exact) mass is 338 g/mol. The van der Waals surface area contributed by atoms with E-state index in [9.17, 15) is 4.79 Å². The van der Waals surface area contributed by atoms with Crippen LogP contribution in [0.2, 0.25) is 0 Å². The maximum absolute atomic E-state index is 12.7. The molecule has 1 heterocycles. The van der Waals surface area contributed by atoms with Crippen molar-refractivity contribution in [2.45, 2.75) is 42.4 Å². The quantitative estimate of drug-likeness (QED) is 0.562. The van der Waals surface area contributed by atoms with Gasteiger partial charge in [-0.2, -0.15) is 0 Å². The molecule has 0 radical (unpaired) electrons. The third kappa shape index (κ3) is 2.56. The summed E-state index contributed by atoms with van der Waals surface area (Å²) in [6.07, 6.45) is 0.768. The van der Waals surface area contributed by atoms with E-state index in [1.807, 2.05) is 18.2 Å². The van der Waals surface area contributed by atoms with Crippen molar-refractivity contribution in [2.24, 2.45) is 0 Å². The van der Waals surface area contributed by atoms with E-state index < -0.39 is 0 Å². The number of benzene rings is 2. The summed E-state index contributed by atoms with van der Waals surface area (Å²) in [5.74, 6) is 0.208. The Labute approximate surface area is 145 Å². The lowest BCUT2D eigenvalue weighted by Crippen LogP contribution is -2.10. The van der Waals surface area contributed by atoms with E-state index in [1.54, 1.807) is 23.5 Å². The number of allylic oxidation sites excluding steroid dienone is 1. The first-order chi connectivity index (χ1) is 10.9. The van der Waals surface area contributed by atoms with Crippen LogP contribution in [0.5, 0.6) is 0 Å². The minimum Gasteiger partial charge on any atom is -0.289 e. The zero-order valence-electron chi connectivity index (χ0n) is 13.5. The lowest BCUT2D eigenvalue weighted by atomic mass is 9.87. The van der Waals surface area contributed by atoms with Crippen LogP contribution in [0.15, 0.2) is 62.1 Å². The molecule has 3 heteroatoms. The molecule has 0 aromatic heterocycles. The number of Topliss-reactive ketones (excluding diaryl/α,β-unsaturated/α-hetero) is 1. The summed E-state index contributed by atoms with van der Waals surface area (Å²) >= 11 is 3.51. The molecule has 1 aliphatic heterocycles. The van der Waals surface area contributed by atoms with Crippen LogP contribution < -0.4 is 0 Å². The van der Waals surface area contributed by atoms with Gasteiger partial charge < -0.3 is 0 Å². The summed E-state index contributed by atoms with van der Waals surface area (Å²) in [5, 5.41) is 0. The van der Waals surface area contributed by atoms with Gasteiger partial charge in [0.15, 0.2) is 5.78 Å². The number of fused-ring (bicyclic) bond motifs is 2. The summed E-state index contributed by atoms with van der Waals surface area (Å²) in [6.45, 7) is 6.70. The first-order valence-corrected chi connectivity index (χ1v) is 9.43. The first kappa shape index (κ1) is 15.1. The number of hydrogen-bond acceptors (Lipinski definition) is 3. The second kappa shape index (κ2) is 5.29. The van der Waals surface area contributed by atoms with Crippen LogP contribution in [0.1, 0.15) is 42.3 Å². The van der Waals surface area contributed by atoms with Crippen LogP contribution in [0.3, 0.4) is 0 Å². The van der Waals surface area contributed by atoms with Crippen molar-refractivity contribution in [1.82, 2.24) is 0 Å². The van der Waals surface area contributed by atoms with Gasteiger partial charge in [0, 0.05) is 27.3 Å². The molecular formula is C20H18OS2. The van der Waals surface area contributed by atoms with Gasteiger partial charge in [-0.3, -0.25) is 4.79 Å². The SMILES string of the molecule is CC(C)(C)c1ccc2c(c1)SC(=C1Cc3ccccc3C1=O)S2. The standard InChI is InChI=1S/C20H18OS2/c1-20(2,3)13-8-9-16-17(11-13)23-19(22-16)15-10-12-6-4-5-7-14(12)18(15)21/h4-9,11H,10H2,1-3H3. The Balaban J connectivity index is 1.70. The highest BCUT2D eigenvalue weighted by Gasteiger charge is 2.31. The highest BCUT2D eigenvalue weighted by Crippen LogP contribution is 2.54. The Kier molecular flexibility index (Phi) is 3.47. The summed E-state index contributed by atoms with van der Waals surface area (Å²) in [7, 11) is 0. The van der Waals surface area contributed by atoms with Crippen LogP contribution in [0.4, 0.5) is 0 Å². The predicted molar refractivity (Wildman–Crippen MR) is 98.4 cm³/mol. The molecule has 2 aromatic rings. The second-order valence-corrected chi connectivity index (χ2v) is 9.41. The van der Waals surface area contributed by atoms with Crippen LogP contribution in [0, 0.1) is 0 Å². The zero-order valence-corrected chi connectivity index (χ0v) is 15.1. The Morgan fingerprint density at radius 3 is 2.43 bits per heavy atom. The highest BCUT2D eigenvalue weighted by molar-refractivity contribution is 8.24. The van der Waals surface area contributed by atoms with Crippen molar-refractivity contribution in [1.29, 1.82) is 0 Å². The van der Waals surface area contributed by atoms with Crippen molar-refractivity contribution < 1.29 is 4.79 Å². The molecule has 0 fully saturated rings. The van der Waals surface area contributed by atoms with Gasteiger partial charge in [0.2, 0.25) is 0 Å². The molecular weight excluding hydrogens is 320 g/mol. The topological polar surface area (TPSA) is 17.1 Å². The van der Waals surface area contributed by atoms with Gasteiger partial charge in [0.05, 0.1) is 4.24 Å². The molecule has 1 aliphatic carbocycles. The molecule has 4 rings (SSSR count). The van der Waals surface area contributed by atoms with Crippen molar-refractivity contribution >= 4 is 29.3 Å². The molecule has 2 aliphatic rings. The third-order valence-corrected chi connectivity index (χ3v) is 6.99. The van der Waals surface area contributed by atoms with Crippen LogP contribution in [-0.4, -0.2) is 5.78 Å². The molecule has 0 amide bonds. The lowest BCUT2D eigenvalue weighted by molar-refractivity contribution is 0.103. The fourth-order valence-corrected chi connectivity index (χ4v) is 5.56. The number of rotatable bonds is 0. The van der Waals surface area contributed by atoms with E-state index in [4.69, 9.17) is 0 Å². The molecule has 0 spiro atoms. The molecule has 2 aromatic carbocycles. The summed E-state index contributed by atoms with van der Waals surface area (Å²) in [6, 6.07) is 14.7. The number of thioether (sulfide) groups is 2. The van der Waals surface area contributed by atoms with Crippen molar-refractivity contribution in [3.8, 4) is 0 Å². The van der Waals surface area contributed by atoms with E-state index in [0.717, 1.165) is 27.4 Å². The summed E-state index contributed by atoms with van der Waals surface area (Å²) in [4.78, 5) is 15.2. The van der Waals surface area contributed by atoms with Crippen LogP contribution >= 0.6 is 23.5 Å². The van der Waals surface area contributed by atoms with E-state index >= 15 is 0 Å². The number of carbonyl (C=O) groups is 1. The average Bonchev–Trinajstić information content (AvgIpc) is 3.07. The molecule has 23 heavy (non-hydrogen) atoms. The Bertz CT molecular complexity index is 856. The van der Waals surface area contributed by atoms with E-state index in [1.165, 1.54) is 15.4 Å². The van der Waals surface area contributed by atoms with Gasteiger partial charge in [0.1, 0.15) is 0 Å². The zero-order chi connectivity index (χ0) is 16.2. The van der Waals surface area contributed by atoms with Gasteiger partial charge in [-0.25, -0.2) is 0 Å². The third-order valence-electron chi connectivity index (χ3n) is 4.36. The van der Waals surface area contributed by atoms with Gasteiger partial charge in [0.25, 0.3) is 0 Å². The molecule has 1 nitrogen and oxygen atoms in total. The van der Waals surface area contributed by atoms with Crippen LogP contribution in [0.25, 0.3) is 0 Å². The minimum absolute atomic E-state index is 0.148. The number of carbonyl (C=O) groups excluding carboxylic acids is 1. The normalized spacial score (nSPS) is 19.9. The number of ketones is 1. The van der Waals surface area contributed by atoms with Gasteiger partial charge >= 0.3 is 0 Å². The molecule has 0 saturated heterocycles. The maximum Gasteiger partial charge on any atom is 0.191 e. The molecule has 0 N–H and O–H groups in total. The fourth-order valence-electron chi connectivity index (χ4n) is 2.98. The molecule has 0 unspecified atom stereocenters. The Hall–Kier alpha value is -1.45. The maximum atomic E-state index is 12.7. The van der Waals surface area contributed by atoms with E-state index in [-0.39, 0.29) is 11.2 Å². The Morgan fingerprint density at radius 1 is 0.957 bits per heavy atom. The molecule has 0 bridgehead atoms. The Morgan fingerprint density at radius 2 is 1.70 bits per heavy atom. The minimum atomic E-state index is 0.148. The van der Waals surface area contributed by atoms with E-state index in [2.05, 4.69) is 45.0 Å². The largest absolute Gasteiger partial charge is 0.289 e. The molecule has 0 saturated carbocycles. The summed E-state index contributed by atoms with van der Waals surface area (Å²) in [5.41, 5.74) is 4.50. The van der Waals surface area contributed by atoms with Crippen molar-refractivity contribution in [2.75, 3.05) is 0 Å². The van der Waals surface area contributed by atoms with Crippen molar-refractivity contribution in [3.63, 3.8) is 0 Å². The second-order valence-electron chi connectivity index (χ2n) is 7.04. The van der Waals surface area contributed by atoms with E-state index in [0.29, 0.717) is 0 Å². The molecule has 0 atom stereocenters. The van der Waals surface area contributed by atoms with Crippen molar-refractivity contribution in [3.05, 3.63) is 69.0 Å². The smallest absolute Gasteiger partial charge is 0.191 e. The van der Waals surface area contributed by atoms with Gasteiger partial charge in [-0.05, 0) is 28.7 Å². The predicted octanol–water partition coefficient (Wildman–Crippen LogP) is 5.83. The number of hydrogen-bond donors (Lipinski definition) is 0. The van der Waals surface area contributed by atoms with Gasteiger partial charge in [-0.1, -0.05) is 74.6 Å². The van der Waals surface area contributed by atoms with Gasteiger partial charge in [-0.15, -0.1) is 0 Å². The molecule has 116 valence electrons.